The van der Waals surface area contributed by atoms with E-state index in [0.29, 0.717) is 0 Å². The lowest BCUT2D eigenvalue weighted by Gasteiger charge is -2.11. The Morgan fingerprint density at radius 1 is 1.73 bits per heavy atom. The molecule has 1 aromatic heterocycles. The Morgan fingerprint density at radius 3 is 2.87 bits per heavy atom. The van der Waals surface area contributed by atoms with E-state index in [4.69, 9.17) is 5.73 Å². The lowest BCUT2D eigenvalue weighted by atomic mass is 10.4. The molecular weight excluding hydrogens is 252 g/mol. The number of sulfonamides is 1. The fraction of sp³-hybridized carbons (Fsp3) is 0.375. The maximum Gasteiger partial charge on any atom is 0.221 e. The minimum Gasteiger partial charge on any atom is -0.392 e. The zero-order valence-electron chi connectivity index (χ0n) is 8.14. The average molecular weight is 264 g/mol. The molecule has 1 unspecified atom stereocenters. The second-order valence-electron chi connectivity index (χ2n) is 3.04. The van der Waals surface area contributed by atoms with Crippen LogP contribution in [0.3, 0.4) is 0 Å². The molecule has 0 aliphatic rings. The van der Waals surface area contributed by atoms with Gasteiger partial charge in [0.25, 0.3) is 0 Å². The maximum absolute atomic E-state index is 11.6. The Kier molecular flexibility index (Phi) is 4.21. The molecule has 0 radical (unpaired) electrons. The highest BCUT2D eigenvalue weighted by molar-refractivity contribution is 7.93. The third-order valence-corrected chi connectivity index (χ3v) is 4.89. The molecule has 0 aliphatic carbocycles. The fourth-order valence-electron chi connectivity index (χ4n) is 0.855. The van der Waals surface area contributed by atoms with Crippen LogP contribution in [0.1, 0.15) is 12.5 Å². The van der Waals surface area contributed by atoms with Gasteiger partial charge in [-0.25, -0.2) is 13.1 Å². The Morgan fingerprint density at radius 2 is 2.40 bits per heavy atom. The van der Waals surface area contributed by atoms with Crippen LogP contribution in [0.4, 0.5) is 0 Å². The van der Waals surface area contributed by atoms with Crippen molar-refractivity contribution in [3.8, 4) is 0 Å². The molecule has 1 rings (SSSR count). The molecule has 0 fully saturated rings. The zero-order valence-corrected chi connectivity index (χ0v) is 10.6. The number of nitrogens with two attached hydrogens (primary N) is 1. The fourth-order valence-corrected chi connectivity index (χ4v) is 2.83. The van der Waals surface area contributed by atoms with Gasteiger partial charge in [0.15, 0.2) is 0 Å². The normalized spacial score (nSPS) is 13.7. The van der Waals surface area contributed by atoms with Gasteiger partial charge in [-0.05, 0) is 29.3 Å². The van der Waals surface area contributed by atoms with Crippen molar-refractivity contribution < 1.29 is 8.42 Å². The maximum atomic E-state index is 11.6. The molecule has 0 saturated heterocycles. The molecule has 0 aromatic carbocycles. The molecule has 4 nitrogen and oxygen atoms in total. The molecule has 1 aromatic rings. The quantitative estimate of drug-likeness (QED) is 0.773. The van der Waals surface area contributed by atoms with Gasteiger partial charge >= 0.3 is 0 Å². The smallest absolute Gasteiger partial charge is 0.221 e. The third-order valence-electron chi connectivity index (χ3n) is 1.92. The predicted octanol–water partition coefficient (Wildman–Crippen LogP) is 0.842. The third kappa shape index (κ3) is 3.53. The van der Waals surface area contributed by atoms with Gasteiger partial charge in [0.1, 0.15) is 5.25 Å². The summed E-state index contributed by atoms with van der Waals surface area (Å²) in [7, 11) is -3.45. The van der Waals surface area contributed by atoms with Gasteiger partial charge in [0.2, 0.25) is 10.0 Å². The van der Waals surface area contributed by atoms with Crippen LogP contribution < -0.4 is 10.5 Å². The summed E-state index contributed by atoms with van der Waals surface area (Å²) in [6.45, 7) is 1.75. The lowest BCUT2D eigenvalue weighted by Crippen LogP contribution is -2.39. The Labute approximate surface area is 98.5 Å². The van der Waals surface area contributed by atoms with Gasteiger partial charge in [-0.1, -0.05) is 12.2 Å². The van der Waals surface area contributed by atoms with Crippen LogP contribution in [0.25, 0.3) is 0 Å². The summed E-state index contributed by atoms with van der Waals surface area (Å²) in [6, 6.07) is 1.86. The molecule has 0 spiro atoms. The first-order chi connectivity index (χ1) is 6.93. The van der Waals surface area contributed by atoms with E-state index < -0.39 is 15.3 Å². The summed E-state index contributed by atoms with van der Waals surface area (Å²) in [5, 5.41) is 2.93. The monoisotopic (exact) mass is 264 g/mol. The molecule has 3 N–H and O–H groups in total. The predicted molar refractivity (Wildman–Crippen MR) is 66.3 cm³/mol. The van der Waals surface area contributed by atoms with Crippen molar-refractivity contribution in [2.75, 3.05) is 0 Å². The van der Waals surface area contributed by atoms with Crippen molar-refractivity contribution in [3.05, 3.63) is 22.4 Å². The summed E-state index contributed by atoms with van der Waals surface area (Å²) >= 11 is 6.16. The molecule has 7 heteroatoms. The van der Waals surface area contributed by atoms with Crippen LogP contribution in [0, 0.1) is 0 Å². The number of thiophene rings is 1. The van der Waals surface area contributed by atoms with Gasteiger partial charge in [-0.15, -0.1) is 0 Å². The first-order valence-corrected chi connectivity index (χ1v) is 7.12. The standard InChI is InChI=1S/C8H12N2O2S3/c1-6(8(9)13)15(11,12)10-4-7-2-3-14-5-7/h2-3,5-6,10H,4H2,1H3,(H2,9,13). The van der Waals surface area contributed by atoms with E-state index in [2.05, 4.69) is 16.9 Å². The van der Waals surface area contributed by atoms with Crippen molar-refractivity contribution >= 4 is 38.6 Å². The van der Waals surface area contributed by atoms with Gasteiger partial charge in [0, 0.05) is 6.54 Å². The van der Waals surface area contributed by atoms with Crippen molar-refractivity contribution in [1.82, 2.24) is 4.72 Å². The van der Waals surface area contributed by atoms with E-state index >= 15 is 0 Å². The van der Waals surface area contributed by atoms with Gasteiger partial charge < -0.3 is 5.73 Å². The number of hydrogen-bond donors (Lipinski definition) is 2. The van der Waals surface area contributed by atoms with Crippen LogP contribution in [-0.4, -0.2) is 18.7 Å². The second kappa shape index (κ2) is 5.02. The van der Waals surface area contributed by atoms with Crippen molar-refractivity contribution in [3.63, 3.8) is 0 Å². The summed E-state index contributed by atoms with van der Waals surface area (Å²) in [6.07, 6.45) is 0. The Hall–Kier alpha value is -0.500. The highest BCUT2D eigenvalue weighted by atomic mass is 32.2. The minimum atomic E-state index is -3.45. The van der Waals surface area contributed by atoms with E-state index in [0.717, 1.165) is 5.56 Å². The second-order valence-corrected chi connectivity index (χ2v) is 6.38. The number of hydrogen-bond acceptors (Lipinski definition) is 4. The van der Waals surface area contributed by atoms with Gasteiger partial charge in [0.05, 0.1) is 4.99 Å². The van der Waals surface area contributed by atoms with Crippen LogP contribution in [-0.2, 0) is 16.6 Å². The summed E-state index contributed by atoms with van der Waals surface area (Å²) in [4.78, 5) is -0.0205. The van der Waals surface area contributed by atoms with E-state index in [1.807, 2.05) is 16.8 Å². The molecule has 1 heterocycles. The van der Waals surface area contributed by atoms with Crippen molar-refractivity contribution in [2.45, 2.75) is 18.7 Å². The van der Waals surface area contributed by atoms with Crippen molar-refractivity contribution in [1.29, 1.82) is 0 Å². The largest absolute Gasteiger partial charge is 0.392 e. The summed E-state index contributed by atoms with van der Waals surface area (Å²) < 4.78 is 25.6. The van der Waals surface area contributed by atoms with Crippen molar-refractivity contribution in [2.24, 2.45) is 5.73 Å². The van der Waals surface area contributed by atoms with Crippen LogP contribution >= 0.6 is 23.6 Å². The van der Waals surface area contributed by atoms with E-state index in [9.17, 15) is 8.42 Å². The highest BCUT2D eigenvalue weighted by Gasteiger charge is 2.22. The highest BCUT2D eigenvalue weighted by Crippen LogP contribution is 2.07. The first kappa shape index (κ1) is 12.6. The van der Waals surface area contributed by atoms with Crippen LogP contribution in [0.5, 0.6) is 0 Å². The molecule has 0 saturated carbocycles. The van der Waals surface area contributed by atoms with E-state index in [1.165, 1.54) is 18.3 Å². The molecule has 84 valence electrons. The Balaban J connectivity index is 2.62. The lowest BCUT2D eigenvalue weighted by molar-refractivity contribution is 0.578. The Bertz CT molecular complexity index is 425. The topological polar surface area (TPSA) is 72.2 Å². The molecule has 0 aliphatic heterocycles. The van der Waals surface area contributed by atoms with E-state index in [1.54, 1.807) is 0 Å². The van der Waals surface area contributed by atoms with Crippen LogP contribution in [0.2, 0.25) is 0 Å². The molecule has 0 amide bonds. The molecule has 0 bridgehead atoms. The molecule has 1 atom stereocenters. The van der Waals surface area contributed by atoms with Gasteiger partial charge in [-0.2, -0.15) is 11.3 Å². The molecular formula is C8H12N2O2S3. The number of thiocarbonyl (C=S) groups is 1. The molecule has 15 heavy (non-hydrogen) atoms. The van der Waals surface area contributed by atoms with E-state index in [-0.39, 0.29) is 11.5 Å². The van der Waals surface area contributed by atoms with Crippen LogP contribution in [0.15, 0.2) is 16.8 Å². The minimum absolute atomic E-state index is 0.0205. The summed E-state index contributed by atoms with van der Waals surface area (Å²) in [5.74, 6) is 0. The first-order valence-electron chi connectivity index (χ1n) is 4.22. The number of nitrogens with one attached hydrogen (secondary N) is 1. The van der Waals surface area contributed by atoms with Gasteiger partial charge in [-0.3, -0.25) is 0 Å². The summed E-state index contributed by atoms with van der Waals surface area (Å²) in [5.41, 5.74) is 6.21. The SMILES string of the molecule is CC(C(N)=S)S(=O)(=O)NCc1ccsc1. The zero-order chi connectivity index (χ0) is 11.5. The average Bonchev–Trinajstić information content (AvgIpc) is 2.66. The number of rotatable bonds is 5.